The molecule has 2 aromatic rings. The van der Waals surface area contributed by atoms with Crippen molar-refractivity contribution in [2.24, 2.45) is 0 Å². The topological polar surface area (TPSA) is 88.3 Å². The summed E-state index contributed by atoms with van der Waals surface area (Å²) in [5.74, 6) is -0.245. The molecule has 0 aliphatic carbocycles. The molecule has 1 aliphatic rings. The number of amides is 3. The van der Waals surface area contributed by atoms with Crippen LogP contribution in [0, 0.1) is 0 Å². The van der Waals surface area contributed by atoms with E-state index < -0.39 is 6.03 Å². The first kappa shape index (κ1) is 11.5. The first-order valence-corrected chi connectivity index (χ1v) is 5.90. The number of carbonyl (C=O) groups is 2. The SMILES string of the molecule is Nc1cncc2ccc(N3CCC(=O)NC3=O)cc12. The van der Waals surface area contributed by atoms with Crippen molar-refractivity contribution in [1.82, 2.24) is 10.3 Å². The summed E-state index contributed by atoms with van der Waals surface area (Å²) in [6, 6.07) is 5.11. The third-order valence-electron chi connectivity index (χ3n) is 3.14. The molecule has 0 saturated carbocycles. The Morgan fingerprint density at radius 3 is 2.89 bits per heavy atom. The number of anilines is 2. The molecule has 1 aliphatic heterocycles. The van der Waals surface area contributed by atoms with Gasteiger partial charge in [-0.15, -0.1) is 0 Å². The number of imide groups is 1. The monoisotopic (exact) mass is 256 g/mol. The van der Waals surface area contributed by atoms with Crippen LogP contribution in [0.25, 0.3) is 10.8 Å². The Hall–Kier alpha value is -2.63. The molecule has 0 bridgehead atoms. The van der Waals surface area contributed by atoms with Crippen LogP contribution in [0.1, 0.15) is 6.42 Å². The van der Waals surface area contributed by atoms with E-state index in [2.05, 4.69) is 10.3 Å². The van der Waals surface area contributed by atoms with E-state index >= 15 is 0 Å². The number of nitrogen functional groups attached to an aromatic ring is 1. The number of fused-ring (bicyclic) bond motifs is 1. The minimum atomic E-state index is -0.400. The predicted molar refractivity (Wildman–Crippen MR) is 71.7 cm³/mol. The lowest BCUT2D eigenvalue weighted by molar-refractivity contribution is -0.120. The summed E-state index contributed by atoms with van der Waals surface area (Å²) >= 11 is 0. The fourth-order valence-electron chi connectivity index (χ4n) is 2.15. The molecular weight excluding hydrogens is 244 g/mol. The van der Waals surface area contributed by atoms with Gasteiger partial charge in [-0.05, 0) is 12.1 Å². The average molecular weight is 256 g/mol. The van der Waals surface area contributed by atoms with Gasteiger partial charge in [0.25, 0.3) is 0 Å². The number of hydrogen-bond donors (Lipinski definition) is 2. The summed E-state index contributed by atoms with van der Waals surface area (Å²) < 4.78 is 0. The van der Waals surface area contributed by atoms with E-state index in [1.807, 2.05) is 18.2 Å². The van der Waals surface area contributed by atoms with Crippen LogP contribution in [-0.4, -0.2) is 23.5 Å². The van der Waals surface area contributed by atoms with E-state index in [1.165, 1.54) is 4.90 Å². The molecule has 1 aromatic carbocycles. The highest BCUT2D eigenvalue weighted by molar-refractivity contribution is 6.06. The van der Waals surface area contributed by atoms with E-state index in [4.69, 9.17) is 5.73 Å². The number of nitrogens with one attached hydrogen (secondary N) is 1. The van der Waals surface area contributed by atoms with Crippen molar-refractivity contribution in [2.45, 2.75) is 6.42 Å². The fourth-order valence-corrected chi connectivity index (χ4v) is 2.15. The van der Waals surface area contributed by atoms with E-state index in [-0.39, 0.29) is 5.91 Å². The molecule has 1 fully saturated rings. The van der Waals surface area contributed by atoms with Crippen LogP contribution in [0.15, 0.2) is 30.6 Å². The van der Waals surface area contributed by atoms with Gasteiger partial charge in [-0.2, -0.15) is 0 Å². The number of nitrogens with two attached hydrogens (primary N) is 1. The fraction of sp³-hybridized carbons (Fsp3) is 0.154. The molecular formula is C13H12N4O2. The lowest BCUT2D eigenvalue weighted by Gasteiger charge is -2.26. The third-order valence-corrected chi connectivity index (χ3v) is 3.14. The maximum atomic E-state index is 11.8. The van der Waals surface area contributed by atoms with Crippen LogP contribution in [0.5, 0.6) is 0 Å². The maximum Gasteiger partial charge on any atom is 0.328 e. The van der Waals surface area contributed by atoms with Crippen molar-refractivity contribution in [3.63, 3.8) is 0 Å². The van der Waals surface area contributed by atoms with Crippen LogP contribution >= 0.6 is 0 Å². The van der Waals surface area contributed by atoms with Gasteiger partial charge in [0.05, 0.1) is 11.9 Å². The van der Waals surface area contributed by atoms with Crippen molar-refractivity contribution in [3.8, 4) is 0 Å². The number of urea groups is 1. The lowest BCUT2D eigenvalue weighted by Crippen LogP contribution is -2.49. The van der Waals surface area contributed by atoms with Crippen molar-refractivity contribution in [2.75, 3.05) is 17.2 Å². The smallest absolute Gasteiger partial charge is 0.328 e. The summed E-state index contributed by atoms with van der Waals surface area (Å²) in [4.78, 5) is 28.5. The average Bonchev–Trinajstić information content (AvgIpc) is 2.39. The van der Waals surface area contributed by atoms with Crippen molar-refractivity contribution < 1.29 is 9.59 Å². The first-order chi connectivity index (χ1) is 9.15. The van der Waals surface area contributed by atoms with Gasteiger partial charge in [0.15, 0.2) is 0 Å². The Labute approximate surface area is 109 Å². The molecule has 0 atom stereocenters. The predicted octanol–water partition coefficient (Wildman–Crippen LogP) is 1.26. The van der Waals surface area contributed by atoms with Gasteiger partial charge in [-0.25, -0.2) is 4.79 Å². The zero-order chi connectivity index (χ0) is 13.4. The number of pyridine rings is 1. The Kier molecular flexibility index (Phi) is 2.56. The van der Waals surface area contributed by atoms with Gasteiger partial charge in [-0.1, -0.05) is 6.07 Å². The largest absolute Gasteiger partial charge is 0.397 e. The number of benzene rings is 1. The molecule has 96 valence electrons. The highest BCUT2D eigenvalue weighted by Crippen LogP contribution is 2.26. The highest BCUT2D eigenvalue weighted by atomic mass is 16.2. The molecule has 0 radical (unpaired) electrons. The lowest BCUT2D eigenvalue weighted by atomic mass is 10.1. The molecule has 0 unspecified atom stereocenters. The standard InChI is InChI=1S/C13H12N4O2/c14-11-7-15-6-8-1-2-9(5-10(8)11)17-4-3-12(18)16-13(17)19/h1-2,5-7H,3-4,14H2,(H,16,18,19). The highest BCUT2D eigenvalue weighted by Gasteiger charge is 2.24. The molecule has 1 saturated heterocycles. The number of hydrogen-bond acceptors (Lipinski definition) is 4. The number of carbonyl (C=O) groups excluding carboxylic acids is 2. The molecule has 1 aromatic heterocycles. The van der Waals surface area contributed by atoms with Crippen LogP contribution in [0.4, 0.5) is 16.2 Å². The molecule has 6 nitrogen and oxygen atoms in total. The third kappa shape index (κ3) is 1.97. The van der Waals surface area contributed by atoms with Gasteiger partial charge in [-0.3, -0.25) is 20.0 Å². The minimum Gasteiger partial charge on any atom is -0.397 e. The second-order valence-electron chi connectivity index (χ2n) is 4.39. The van der Waals surface area contributed by atoms with E-state index in [1.54, 1.807) is 12.4 Å². The molecule has 6 heteroatoms. The maximum absolute atomic E-state index is 11.8. The normalized spacial score (nSPS) is 15.7. The van der Waals surface area contributed by atoms with Crippen molar-refractivity contribution in [1.29, 1.82) is 0 Å². The summed E-state index contributed by atoms with van der Waals surface area (Å²) in [6.45, 7) is 0.376. The molecule has 3 N–H and O–H groups in total. The van der Waals surface area contributed by atoms with Crippen LogP contribution < -0.4 is 16.0 Å². The van der Waals surface area contributed by atoms with Crippen molar-refractivity contribution >= 4 is 34.1 Å². The summed E-state index contributed by atoms with van der Waals surface area (Å²) in [5.41, 5.74) is 7.16. The van der Waals surface area contributed by atoms with Gasteiger partial charge >= 0.3 is 6.03 Å². The molecule has 0 spiro atoms. The Morgan fingerprint density at radius 2 is 2.11 bits per heavy atom. The number of aromatic nitrogens is 1. The number of nitrogens with zero attached hydrogens (tertiary/aromatic N) is 2. The van der Waals surface area contributed by atoms with E-state index in [0.717, 1.165) is 16.5 Å². The van der Waals surface area contributed by atoms with Gasteiger partial charge < -0.3 is 5.73 Å². The second kappa shape index (κ2) is 4.24. The van der Waals surface area contributed by atoms with Crippen molar-refractivity contribution in [3.05, 3.63) is 30.6 Å². The van der Waals surface area contributed by atoms with E-state index in [9.17, 15) is 9.59 Å². The Morgan fingerprint density at radius 1 is 1.26 bits per heavy atom. The van der Waals surface area contributed by atoms with Crippen LogP contribution in [-0.2, 0) is 4.79 Å². The van der Waals surface area contributed by atoms with Crippen LogP contribution in [0.2, 0.25) is 0 Å². The summed E-state index contributed by atoms with van der Waals surface area (Å²) in [6.07, 6.45) is 3.59. The number of rotatable bonds is 1. The first-order valence-electron chi connectivity index (χ1n) is 5.90. The quantitative estimate of drug-likeness (QED) is 0.804. The summed E-state index contributed by atoms with van der Waals surface area (Å²) in [5, 5.41) is 4.05. The van der Waals surface area contributed by atoms with Gasteiger partial charge in [0.2, 0.25) is 5.91 Å². The summed E-state index contributed by atoms with van der Waals surface area (Å²) in [7, 11) is 0. The Bertz CT molecular complexity index is 683. The van der Waals surface area contributed by atoms with Gasteiger partial charge in [0, 0.05) is 35.6 Å². The zero-order valence-corrected chi connectivity index (χ0v) is 10.1. The second-order valence-corrected chi connectivity index (χ2v) is 4.39. The molecule has 2 heterocycles. The molecule has 3 amide bonds. The van der Waals surface area contributed by atoms with Gasteiger partial charge in [0.1, 0.15) is 0 Å². The Balaban J connectivity index is 2.04. The zero-order valence-electron chi connectivity index (χ0n) is 10.1. The molecule has 3 rings (SSSR count). The van der Waals surface area contributed by atoms with E-state index in [0.29, 0.717) is 18.7 Å². The minimum absolute atomic E-state index is 0.245. The molecule has 19 heavy (non-hydrogen) atoms. The van der Waals surface area contributed by atoms with Crippen LogP contribution in [0.3, 0.4) is 0 Å².